The highest BCUT2D eigenvalue weighted by atomic mass is 16.5. The summed E-state index contributed by atoms with van der Waals surface area (Å²) in [5.41, 5.74) is 7.28. The minimum Gasteiger partial charge on any atom is -0.497 e. The third kappa shape index (κ3) is 4.03. The molecule has 98 valence electrons. The lowest BCUT2D eigenvalue weighted by molar-refractivity contribution is -0.119. The van der Waals surface area contributed by atoms with Crippen molar-refractivity contribution in [2.45, 2.75) is 6.42 Å². The van der Waals surface area contributed by atoms with Crippen LogP contribution in [0.25, 0.3) is 0 Å². The summed E-state index contributed by atoms with van der Waals surface area (Å²) in [6.07, 6.45) is 0.303. The normalized spacial score (nSPS) is 9.74. The van der Waals surface area contributed by atoms with Crippen molar-refractivity contribution in [2.75, 3.05) is 12.5 Å². The fraction of sp³-hybridized carbons (Fsp3) is 0.133. The van der Waals surface area contributed by atoms with Crippen molar-refractivity contribution < 1.29 is 9.53 Å². The van der Waals surface area contributed by atoms with Gasteiger partial charge in [-0.05, 0) is 29.8 Å². The second-order valence-electron chi connectivity index (χ2n) is 4.07. The Morgan fingerprint density at radius 2 is 1.89 bits per heavy atom. The summed E-state index contributed by atoms with van der Waals surface area (Å²) >= 11 is 0. The molecule has 0 saturated carbocycles. The van der Waals surface area contributed by atoms with E-state index in [4.69, 9.17) is 4.74 Å². The van der Waals surface area contributed by atoms with Gasteiger partial charge in [0, 0.05) is 0 Å². The zero-order valence-electron chi connectivity index (χ0n) is 10.7. The fourth-order valence-corrected chi connectivity index (χ4v) is 1.68. The number of hydrogen-bond acceptors (Lipinski definition) is 3. The monoisotopic (exact) mass is 256 g/mol. The van der Waals surface area contributed by atoms with Gasteiger partial charge < -0.3 is 4.74 Å². The van der Waals surface area contributed by atoms with Crippen molar-refractivity contribution in [1.82, 2.24) is 5.43 Å². The lowest BCUT2D eigenvalue weighted by Gasteiger charge is -2.08. The largest absolute Gasteiger partial charge is 0.497 e. The summed E-state index contributed by atoms with van der Waals surface area (Å²) < 4.78 is 5.12. The van der Waals surface area contributed by atoms with Gasteiger partial charge >= 0.3 is 0 Å². The zero-order chi connectivity index (χ0) is 13.5. The fourth-order valence-electron chi connectivity index (χ4n) is 1.68. The van der Waals surface area contributed by atoms with E-state index in [1.807, 2.05) is 54.6 Å². The molecule has 0 bridgehead atoms. The molecule has 0 aliphatic carbocycles. The lowest BCUT2D eigenvalue weighted by atomic mass is 10.1. The molecule has 0 fully saturated rings. The first kappa shape index (κ1) is 13.0. The number of carbonyl (C=O) groups excluding carboxylic acids is 1. The van der Waals surface area contributed by atoms with Crippen LogP contribution in [0.15, 0.2) is 54.6 Å². The standard InChI is InChI=1S/C15H16N2O2/c1-19-14-9-5-6-12(10-14)11-15(18)17-16-13-7-3-2-4-8-13/h2-10,16H,11H2,1H3,(H,17,18). The Balaban J connectivity index is 1.87. The molecule has 2 aromatic rings. The van der Waals surface area contributed by atoms with Crippen molar-refractivity contribution in [2.24, 2.45) is 0 Å². The van der Waals surface area contributed by atoms with E-state index in [9.17, 15) is 4.79 Å². The molecule has 0 radical (unpaired) electrons. The van der Waals surface area contributed by atoms with Gasteiger partial charge in [0.2, 0.25) is 5.91 Å². The number of para-hydroxylation sites is 1. The lowest BCUT2D eigenvalue weighted by Crippen LogP contribution is -2.30. The van der Waals surface area contributed by atoms with Gasteiger partial charge in [0.1, 0.15) is 5.75 Å². The van der Waals surface area contributed by atoms with Crippen LogP contribution in [0.3, 0.4) is 0 Å². The van der Waals surface area contributed by atoms with Crippen LogP contribution < -0.4 is 15.6 Å². The Kier molecular flexibility index (Phi) is 4.39. The van der Waals surface area contributed by atoms with Gasteiger partial charge in [-0.1, -0.05) is 30.3 Å². The van der Waals surface area contributed by atoms with Crippen molar-refractivity contribution in [1.29, 1.82) is 0 Å². The number of benzene rings is 2. The highest BCUT2D eigenvalue weighted by Crippen LogP contribution is 2.12. The number of anilines is 1. The van der Waals surface area contributed by atoms with Gasteiger partial charge in [0.05, 0.1) is 19.2 Å². The van der Waals surface area contributed by atoms with Gasteiger partial charge in [0.15, 0.2) is 0 Å². The van der Waals surface area contributed by atoms with E-state index in [-0.39, 0.29) is 5.91 Å². The molecule has 0 spiro atoms. The Morgan fingerprint density at radius 3 is 2.63 bits per heavy atom. The molecule has 4 nitrogen and oxygen atoms in total. The molecule has 19 heavy (non-hydrogen) atoms. The van der Waals surface area contributed by atoms with Gasteiger partial charge in [0.25, 0.3) is 0 Å². The third-order valence-electron chi connectivity index (χ3n) is 2.62. The molecule has 4 heteroatoms. The summed E-state index contributed by atoms with van der Waals surface area (Å²) in [6, 6.07) is 16.9. The molecular weight excluding hydrogens is 240 g/mol. The minimum absolute atomic E-state index is 0.0999. The van der Waals surface area contributed by atoms with E-state index >= 15 is 0 Å². The number of methoxy groups -OCH3 is 1. The highest BCUT2D eigenvalue weighted by molar-refractivity contribution is 5.79. The Bertz CT molecular complexity index is 541. The summed E-state index contributed by atoms with van der Waals surface area (Å²) in [6.45, 7) is 0. The third-order valence-corrected chi connectivity index (χ3v) is 2.62. The minimum atomic E-state index is -0.0999. The molecule has 0 saturated heterocycles. The molecule has 2 aromatic carbocycles. The van der Waals surface area contributed by atoms with Crippen LogP contribution in [0.4, 0.5) is 5.69 Å². The average molecular weight is 256 g/mol. The van der Waals surface area contributed by atoms with E-state index in [2.05, 4.69) is 10.9 Å². The molecule has 1 amide bonds. The van der Waals surface area contributed by atoms with E-state index in [0.29, 0.717) is 6.42 Å². The molecule has 0 heterocycles. The maximum atomic E-state index is 11.8. The number of ether oxygens (including phenoxy) is 1. The van der Waals surface area contributed by atoms with Crippen LogP contribution in [0.5, 0.6) is 5.75 Å². The molecule has 2 N–H and O–H groups in total. The zero-order valence-corrected chi connectivity index (χ0v) is 10.7. The van der Waals surface area contributed by atoms with Crippen molar-refractivity contribution >= 4 is 11.6 Å². The Hall–Kier alpha value is -2.49. The molecule has 2 rings (SSSR count). The Labute approximate surface area is 112 Å². The average Bonchev–Trinajstić information content (AvgIpc) is 2.46. The summed E-state index contributed by atoms with van der Waals surface area (Å²) in [5, 5.41) is 0. The Morgan fingerprint density at radius 1 is 1.11 bits per heavy atom. The second-order valence-corrected chi connectivity index (χ2v) is 4.07. The number of nitrogens with one attached hydrogen (secondary N) is 2. The molecule has 0 aromatic heterocycles. The van der Waals surface area contributed by atoms with Gasteiger partial charge in [-0.2, -0.15) is 0 Å². The predicted octanol–water partition coefficient (Wildman–Crippen LogP) is 2.38. The van der Waals surface area contributed by atoms with Crippen molar-refractivity contribution in [3.8, 4) is 5.75 Å². The first-order valence-corrected chi connectivity index (χ1v) is 6.01. The van der Waals surface area contributed by atoms with Gasteiger partial charge in [-0.3, -0.25) is 15.6 Å². The summed E-state index contributed by atoms with van der Waals surface area (Å²) in [5.74, 6) is 0.651. The predicted molar refractivity (Wildman–Crippen MR) is 74.9 cm³/mol. The molecular formula is C15H16N2O2. The number of rotatable bonds is 5. The topological polar surface area (TPSA) is 50.4 Å². The second kappa shape index (κ2) is 6.44. The van der Waals surface area contributed by atoms with Crippen molar-refractivity contribution in [3.05, 3.63) is 60.2 Å². The van der Waals surface area contributed by atoms with E-state index < -0.39 is 0 Å². The van der Waals surface area contributed by atoms with Gasteiger partial charge in [-0.25, -0.2) is 0 Å². The van der Waals surface area contributed by atoms with E-state index in [1.165, 1.54) is 0 Å². The van der Waals surface area contributed by atoms with Gasteiger partial charge in [-0.15, -0.1) is 0 Å². The SMILES string of the molecule is COc1cccc(CC(=O)NNc2ccccc2)c1. The molecule has 0 aliphatic heterocycles. The van der Waals surface area contributed by atoms with Crippen LogP contribution >= 0.6 is 0 Å². The first-order valence-electron chi connectivity index (χ1n) is 6.01. The quantitative estimate of drug-likeness (QED) is 0.807. The maximum Gasteiger partial charge on any atom is 0.242 e. The first-order chi connectivity index (χ1) is 9.28. The van der Waals surface area contributed by atoms with E-state index in [0.717, 1.165) is 17.0 Å². The van der Waals surface area contributed by atoms with Crippen LogP contribution in [0.2, 0.25) is 0 Å². The maximum absolute atomic E-state index is 11.8. The smallest absolute Gasteiger partial charge is 0.242 e. The van der Waals surface area contributed by atoms with E-state index in [1.54, 1.807) is 7.11 Å². The van der Waals surface area contributed by atoms with Crippen LogP contribution in [0, 0.1) is 0 Å². The number of amides is 1. The molecule has 0 aliphatic rings. The van der Waals surface area contributed by atoms with Crippen molar-refractivity contribution in [3.63, 3.8) is 0 Å². The molecule has 0 atom stereocenters. The summed E-state index contributed by atoms with van der Waals surface area (Å²) in [7, 11) is 1.61. The highest BCUT2D eigenvalue weighted by Gasteiger charge is 2.03. The van der Waals surface area contributed by atoms with Crippen LogP contribution in [0.1, 0.15) is 5.56 Å². The number of carbonyl (C=O) groups is 1. The van der Waals surface area contributed by atoms with Crippen LogP contribution in [-0.4, -0.2) is 13.0 Å². The molecule has 0 unspecified atom stereocenters. The van der Waals surface area contributed by atoms with Crippen LogP contribution in [-0.2, 0) is 11.2 Å². The number of hydrazine groups is 1. The number of hydrogen-bond donors (Lipinski definition) is 2. The summed E-state index contributed by atoms with van der Waals surface area (Å²) in [4.78, 5) is 11.8.